The number of anilines is 1. The number of hydrogen-bond donors (Lipinski definition) is 3. The number of carbonyl (C=O) groups excluding carboxylic acids is 2. The zero-order chi connectivity index (χ0) is 19.4. The average Bonchev–Trinajstić information content (AvgIpc) is 2.93. The highest BCUT2D eigenvalue weighted by Gasteiger charge is 2.22. The van der Waals surface area contributed by atoms with Crippen LogP contribution in [-0.2, 0) is 9.59 Å². The van der Waals surface area contributed by atoms with Crippen molar-refractivity contribution in [1.29, 1.82) is 0 Å². The largest absolute Gasteiger partial charge is 0.508 e. The average molecular weight is 421 g/mol. The molecule has 3 N–H and O–H groups in total. The Hall–Kier alpha value is -2.55. The van der Waals surface area contributed by atoms with Crippen LogP contribution in [0.15, 0.2) is 47.4 Å². The quantitative estimate of drug-likeness (QED) is 0.389. The van der Waals surface area contributed by atoms with Crippen molar-refractivity contribution in [1.82, 2.24) is 5.32 Å². The van der Waals surface area contributed by atoms with Crippen LogP contribution in [0.4, 0.5) is 5.69 Å². The number of phenols is 1. The van der Waals surface area contributed by atoms with Gasteiger partial charge in [0, 0.05) is 16.3 Å². The van der Waals surface area contributed by atoms with Gasteiger partial charge in [-0.3, -0.25) is 9.59 Å². The smallest absolute Gasteiger partial charge is 0.263 e. The summed E-state index contributed by atoms with van der Waals surface area (Å²) in [5, 5.41) is 14.9. The first-order valence-corrected chi connectivity index (χ1v) is 9.27. The van der Waals surface area contributed by atoms with E-state index in [4.69, 9.17) is 28.6 Å². The number of rotatable bonds is 5. The maximum Gasteiger partial charge on any atom is 0.263 e. The standard InChI is InChI=1S/C18H13ClN2O4S2/c19-11-1-6-14(10(7-11)8-15-17(24)21-18(26)27-15)25-9-16(23)20-12-2-4-13(22)5-3-12/h1-8,22H,9H2,(H,20,23)(H,21,24,26)/b15-8-. The number of hydrogen-bond acceptors (Lipinski definition) is 6. The lowest BCUT2D eigenvalue weighted by Gasteiger charge is -2.10. The van der Waals surface area contributed by atoms with Gasteiger partial charge < -0.3 is 20.5 Å². The highest BCUT2D eigenvalue weighted by Crippen LogP contribution is 2.31. The number of amides is 2. The van der Waals surface area contributed by atoms with Crippen molar-refractivity contribution in [3.05, 3.63) is 58.0 Å². The van der Waals surface area contributed by atoms with Gasteiger partial charge in [-0.1, -0.05) is 35.6 Å². The Morgan fingerprint density at radius 3 is 2.70 bits per heavy atom. The molecule has 0 aromatic heterocycles. The van der Waals surface area contributed by atoms with Gasteiger partial charge in [0.05, 0.1) is 4.91 Å². The number of benzene rings is 2. The predicted octanol–water partition coefficient (Wildman–Crippen LogP) is 3.55. The van der Waals surface area contributed by atoms with Gasteiger partial charge in [0.1, 0.15) is 15.8 Å². The molecule has 2 amide bonds. The second-order valence-corrected chi connectivity index (χ2v) is 7.57. The number of carbonyl (C=O) groups is 2. The summed E-state index contributed by atoms with van der Waals surface area (Å²) >= 11 is 12.1. The molecule has 1 aliphatic heterocycles. The van der Waals surface area contributed by atoms with Crippen LogP contribution >= 0.6 is 35.6 Å². The van der Waals surface area contributed by atoms with Crippen LogP contribution in [0.5, 0.6) is 11.5 Å². The lowest BCUT2D eigenvalue weighted by atomic mass is 10.2. The highest BCUT2D eigenvalue weighted by molar-refractivity contribution is 8.26. The van der Waals surface area contributed by atoms with E-state index < -0.39 is 0 Å². The predicted molar refractivity (Wildman–Crippen MR) is 110 cm³/mol. The van der Waals surface area contributed by atoms with E-state index in [1.54, 1.807) is 36.4 Å². The SMILES string of the molecule is O=C(COc1ccc(Cl)cc1/C=C1\SC(=S)NC1=O)Nc1ccc(O)cc1. The van der Waals surface area contributed by atoms with E-state index in [9.17, 15) is 14.7 Å². The van der Waals surface area contributed by atoms with Crippen molar-refractivity contribution >= 4 is 63.5 Å². The maximum atomic E-state index is 12.1. The molecule has 1 fully saturated rings. The molecule has 0 unspecified atom stereocenters. The van der Waals surface area contributed by atoms with Gasteiger partial charge in [0.2, 0.25) is 0 Å². The van der Waals surface area contributed by atoms with E-state index in [1.165, 1.54) is 12.1 Å². The number of ether oxygens (including phenoxy) is 1. The third-order valence-corrected chi connectivity index (χ3v) is 4.81. The summed E-state index contributed by atoms with van der Waals surface area (Å²) in [4.78, 5) is 24.3. The Morgan fingerprint density at radius 2 is 2.04 bits per heavy atom. The number of nitrogens with one attached hydrogen (secondary N) is 2. The molecule has 27 heavy (non-hydrogen) atoms. The molecule has 3 rings (SSSR count). The molecule has 138 valence electrons. The summed E-state index contributed by atoms with van der Waals surface area (Å²) in [6.07, 6.45) is 1.61. The summed E-state index contributed by atoms with van der Waals surface area (Å²) in [6.45, 7) is -0.240. The van der Waals surface area contributed by atoms with Gasteiger partial charge in [-0.05, 0) is 48.5 Å². The van der Waals surface area contributed by atoms with Crippen LogP contribution in [0.3, 0.4) is 0 Å². The Morgan fingerprint density at radius 1 is 1.30 bits per heavy atom. The lowest BCUT2D eigenvalue weighted by molar-refractivity contribution is -0.118. The van der Waals surface area contributed by atoms with Crippen molar-refractivity contribution in [2.24, 2.45) is 0 Å². The van der Waals surface area contributed by atoms with Crippen molar-refractivity contribution in [3.63, 3.8) is 0 Å². The highest BCUT2D eigenvalue weighted by atomic mass is 35.5. The van der Waals surface area contributed by atoms with Crippen molar-refractivity contribution in [3.8, 4) is 11.5 Å². The zero-order valence-electron chi connectivity index (χ0n) is 13.7. The molecule has 0 radical (unpaired) electrons. The topological polar surface area (TPSA) is 87.7 Å². The number of thiocarbonyl (C=S) groups is 1. The van der Waals surface area contributed by atoms with Crippen LogP contribution < -0.4 is 15.4 Å². The van der Waals surface area contributed by atoms with Crippen molar-refractivity contribution in [2.45, 2.75) is 0 Å². The molecule has 0 spiro atoms. The van der Waals surface area contributed by atoms with Crippen LogP contribution in [0, 0.1) is 0 Å². The second-order valence-electron chi connectivity index (χ2n) is 5.42. The summed E-state index contributed by atoms with van der Waals surface area (Å²) < 4.78 is 5.96. The van der Waals surface area contributed by atoms with Gasteiger partial charge in [-0.2, -0.15) is 0 Å². The molecule has 9 heteroatoms. The normalized spacial score (nSPS) is 14.9. The third-order valence-electron chi connectivity index (χ3n) is 3.41. The van der Waals surface area contributed by atoms with E-state index >= 15 is 0 Å². The van der Waals surface area contributed by atoms with Crippen LogP contribution in [0.2, 0.25) is 5.02 Å². The molecule has 0 aliphatic carbocycles. The van der Waals surface area contributed by atoms with Gasteiger partial charge in [-0.25, -0.2) is 0 Å². The molecule has 6 nitrogen and oxygen atoms in total. The lowest BCUT2D eigenvalue weighted by Crippen LogP contribution is -2.20. The van der Waals surface area contributed by atoms with Crippen molar-refractivity contribution in [2.75, 3.05) is 11.9 Å². The van der Waals surface area contributed by atoms with Crippen LogP contribution in [0.1, 0.15) is 5.56 Å². The minimum atomic E-state index is -0.372. The Labute approximate surface area is 169 Å². The van der Waals surface area contributed by atoms with Gasteiger partial charge in [-0.15, -0.1) is 0 Å². The number of aromatic hydroxyl groups is 1. The van der Waals surface area contributed by atoms with Crippen molar-refractivity contribution < 1.29 is 19.4 Å². The molecule has 0 saturated carbocycles. The molecular weight excluding hydrogens is 408 g/mol. The fraction of sp³-hybridized carbons (Fsp3) is 0.0556. The first-order valence-electron chi connectivity index (χ1n) is 7.67. The second kappa shape index (κ2) is 8.43. The Kier molecular flexibility index (Phi) is 6.00. The van der Waals surface area contributed by atoms with E-state index in [0.717, 1.165) is 11.8 Å². The summed E-state index contributed by atoms with van der Waals surface area (Å²) in [5.41, 5.74) is 1.09. The Bertz CT molecular complexity index is 945. The molecule has 2 aromatic carbocycles. The maximum absolute atomic E-state index is 12.1. The van der Waals surface area contributed by atoms with Gasteiger partial charge in [0.15, 0.2) is 6.61 Å². The number of halogens is 1. The van der Waals surface area contributed by atoms with Gasteiger partial charge >= 0.3 is 0 Å². The molecular formula is C18H13ClN2O4S2. The molecule has 1 aliphatic rings. The first kappa shape index (κ1) is 19.2. The molecule has 0 bridgehead atoms. The number of phenolic OH excluding ortho intramolecular Hbond substituents is 1. The summed E-state index contributed by atoms with van der Waals surface area (Å²) in [7, 11) is 0. The van der Waals surface area contributed by atoms with Gasteiger partial charge in [0.25, 0.3) is 11.8 Å². The molecule has 1 saturated heterocycles. The Balaban J connectivity index is 1.70. The minimum Gasteiger partial charge on any atom is -0.508 e. The fourth-order valence-electron chi connectivity index (χ4n) is 2.21. The van der Waals surface area contributed by atoms with Crippen LogP contribution in [0.25, 0.3) is 6.08 Å². The first-order chi connectivity index (χ1) is 12.9. The molecule has 1 heterocycles. The fourth-order valence-corrected chi connectivity index (χ4v) is 3.43. The molecule has 0 atom stereocenters. The van der Waals surface area contributed by atoms with E-state index in [0.29, 0.717) is 31.2 Å². The summed E-state index contributed by atoms with van der Waals surface area (Å²) in [6, 6.07) is 11.0. The van der Waals surface area contributed by atoms with E-state index in [-0.39, 0.29) is 24.2 Å². The molecule has 2 aromatic rings. The summed E-state index contributed by atoms with van der Waals surface area (Å²) in [5.74, 6) is -0.153. The zero-order valence-corrected chi connectivity index (χ0v) is 16.1. The monoisotopic (exact) mass is 420 g/mol. The van der Waals surface area contributed by atoms with E-state index in [1.807, 2.05) is 0 Å². The minimum absolute atomic E-state index is 0.108. The van der Waals surface area contributed by atoms with E-state index in [2.05, 4.69) is 10.6 Å². The third kappa shape index (κ3) is 5.22. The number of thioether (sulfide) groups is 1. The van der Waals surface area contributed by atoms with Crippen LogP contribution in [-0.4, -0.2) is 27.8 Å².